The summed E-state index contributed by atoms with van der Waals surface area (Å²) in [4.78, 5) is 25.4. The summed E-state index contributed by atoms with van der Waals surface area (Å²) in [5.74, 6) is -0.756. The molecule has 1 fully saturated rings. The Morgan fingerprint density at radius 1 is 1.53 bits per heavy atom. The Balaban J connectivity index is 2.15. The number of aliphatic hydroxyl groups excluding tert-OH is 1. The molecule has 1 aromatic heterocycles. The Hall–Kier alpha value is -1.89. The quantitative estimate of drug-likeness (QED) is 0.752. The van der Waals surface area contributed by atoms with Crippen LogP contribution in [-0.2, 0) is 14.3 Å². The van der Waals surface area contributed by atoms with Crippen LogP contribution in [0.25, 0.3) is 0 Å². The van der Waals surface area contributed by atoms with Gasteiger partial charge in [-0.1, -0.05) is 0 Å². The molecule has 0 radical (unpaired) electrons. The monoisotopic (exact) mass is 267 g/mol. The fourth-order valence-corrected chi connectivity index (χ4v) is 2.28. The number of β-amino-alcohol motifs (C(OH)–C–C–N with tert-alkyl or cyclic N) is 1. The van der Waals surface area contributed by atoms with Gasteiger partial charge in [0.15, 0.2) is 0 Å². The standard InChI is InChI=1S/C12H17N3O4/c1-8(15-5-3-4-13-15)11(17)14-7-9(16)6-10(14)12(18)19-2/h3-5,8-10,16H,6-7H2,1-2H3. The number of likely N-dealkylation sites (tertiary alicyclic amines) is 1. The first-order valence-corrected chi connectivity index (χ1v) is 6.10. The van der Waals surface area contributed by atoms with Crippen molar-refractivity contribution >= 4 is 11.9 Å². The molecule has 104 valence electrons. The van der Waals surface area contributed by atoms with Crippen molar-refractivity contribution in [2.75, 3.05) is 13.7 Å². The first-order valence-electron chi connectivity index (χ1n) is 6.10. The third kappa shape index (κ3) is 2.60. The van der Waals surface area contributed by atoms with Crippen LogP contribution in [0.4, 0.5) is 0 Å². The van der Waals surface area contributed by atoms with E-state index in [-0.39, 0.29) is 18.9 Å². The van der Waals surface area contributed by atoms with Gasteiger partial charge in [-0.2, -0.15) is 5.10 Å². The minimum atomic E-state index is -0.717. The van der Waals surface area contributed by atoms with Crippen LogP contribution in [0.3, 0.4) is 0 Å². The highest BCUT2D eigenvalue weighted by molar-refractivity contribution is 5.87. The van der Waals surface area contributed by atoms with Crippen molar-refractivity contribution < 1.29 is 19.4 Å². The van der Waals surface area contributed by atoms with Crippen molar-refractivity contribution in [3.8, 4) is 0 Å². The van der Waals surface area contributed by atoms with Gasteiger partial charge >= 0.3 is 5.97 Å². The molecule has 1 N–H and O–H groups in total. The maximum absolute atomic E-state index is 12.4. The summed E-state index contributed by atoms with van der Waals surface area (Å²) in [6.45, 7) is 1.85. The van der Waals surface area contributed by atoms with Crippen LogP contribution in [-0.4, -0.2) is 57.5 Å². The van der Waals surface area contributed by atoms with Gasteiger partial charge in [-0.25, -0.2) is 4.79 Å². The molecule has 0 aromatic carbocycles. The summed E-state index contributed by atoms with van der Waals surface area (Å²) >= 11 is 0. The molecule has 19 heavy (non-hydrogen) atoms. The third-order valence-corrected chi connectivity index (χ3v) is 3.31. The van der Waals surface area contributed by atoms with E-state index in [4.69, 9.17) is 0 Å². The fraction of sp³-hybridized carbons (Fsp3) is 0.583. The highest BCUT2D eigenvalue weighted by Crippen LogP contribution is 2.22. The smallest absolute Gasteiger partial charge is 0.328 e. The molecule has 1 aliphatic heterocycles. The lowest BCUT2D eigenvalue weighted by atomic mass is 10.2. The van der Waals surface area contributed by atoms with E-state index in [1.54, 1.807) is 25.4 Å². The van der Waals surface area contributed by atoms with Crippen LogP contribution < -0.4 is 0 Å². The number of aromatic nitrogens is 2. The molecule has 1 saturated heterocycles. The molecule has 0 spiro atoms. The second-order valence-electron chi connectivity index (χ2n) is 4.58. The van der Waals surface area contributed by atoms with E-state index in [0.29, 0.717) is 0 Å². The Morgan fingerprint density at radius 2 is 2.26 bits per heavy atom. The highest BCUT2D eigenvalue weighted by Gasteiger charge is 2.41. The minimum Gasteiger partial charge on any atom is -0.467 e. The van der Waals surface area contributed by atoms with Gasteiger partial charge in [0.1, 0.15) is 12.1 Å². The van der Waals surface area contributed by atoms with Crippen molar-refractivity contribution in [3.63, 3.8) is 0 Å². The predicted octanol–water partition coefficient (Wildman–Crippen LogP) is -0.421. The van der Waals surface area contributed by atoms with Crippen LogP contribution in [0.15, 0.2) is 18.5 Å². The molecule has 3 atom stereocenters. The summed E-state index contributed by atoms with van der Waals surface area (Å²) in [5, 5.41) is 13.7. The summed E-state index contributed by atoms with van der Waals surface area (Å²) in [6, 6.07) is 0.485. The molecule has 2 heterocycles. The van der Waals surface area contributed by atoms with Gasteiger partial charge in [0.25, 0.3) is 0 Å². The van der Waals surface area contributed by atoms with E-state index in [1.807, 2.05) is 0 Å². The topological polar surface area (TPSA) is 84.7 Å². The van der Waals surface area contributed by atoms with Crippen molar-refractivity contribution in [1.29, 1.82) is 0 Å². The maximum Gasteiger partial charge on any atom is 0.328 e. The number of methoxy groups -OCH3 is 1. The van der Waals surface area contributed by atoms with E-state index >= 15 is 0 Å². The van der Waals surface area contributed by atoms with Crippen molar-refractivity contribution in [2.24, 2.45) is 0 Å². The maximum atomic E-state index is 12.4. The molecule has 7 nitrogen and oxygen atoms in total. The summed E-state index contributed by atoms with van der Waals surface area (Å²) in [7, 11) is 1.27. The molecule has 0 saturated carbocycles. The van der Waals surface area contributed by atoms with Crippen LogP contribution in [0.2, 0.25) is 0 Å². The number of aliphatic hydroxyl groups is 1. The van der Waals surface area contributed by atoms with Gasteiger partial charge in [-0.15, -0.1) is 0 Å². The lowest BCUT2D eigenvalue weighted by Crippen LogP contribution is -2.44. The second-order valence-corrected chi connectivity index (χ2v) is 4.58. The number of rotatable bonds is 3. The van der Waals surface area contributed by atoms with Crippen molar-refractivity contribution in [3.05, 3.63) is 18.5 Å². The van der Waals surface area contributed by atoms with E-state index in [9.17, 15) is 14.7 Å². The number of nitrogens with zero attached hydrogens (tertiary/aromatic N) is 3. The van der Waals surface area contributed by atoms with E-state index < -0.39 is 24.2 Å². The molecule has 0 bridgehead atoms. The van der Waals surface area contributed by atoms with Crippen LogP contribution in [0.1, 0.15) is 19.4 Å². The molecule has 0 aliphatic carbocycles. The largest absolute Gasteiger partial charge is 0.467 e. The van der Waals surface area contributed by atoms with E-state index in [2.05, 4.69) is 9.84 Å². The van der Waals surface area contributed by atoms with E-state index in [0.717, 1.165) is 0 Å². The van der Waals surface area contributed by atoms with Gasteiger partial charge in [0, 0.05) is 25.4 Å². The van der Waals surface area contributed by atoms with Gasteiger partial charge in [0.05, 0.1) is 13.2 Å². The molecule has 1 aromatic rings. The molecular formula is C12H17N3O4. The van der Waals surface area contributed by atoms with Gasteiger partial charge < -0.3 is 14.7 Å². The minimum absolute atomic E-state index is 0.143. The van der Waals surface area contributed by atoms with Gasteiger partial charge in [-0.3, -0.25) is 9.48 Å². The number of hydrogen-bond donors (Lipinski definition) is 1. The zero-order valence-electron chi connectivity index (χ0n) is 10.9. The number of esters is 1. The van der Waals surface area contributed by atoms with Gasteiger partial charge in [0.2, 0.25) is 5.91 Å². The average Bonchev–Trinajstić information content (AvgIpc) is 3.05. The van der Waals surface area contributed by atoms with Gasteiger partial charge in [-0.05, 0) is 13.0 Å². The third-order valence-electron chi connectivity index (χ3n) is 3.31. The zero-order chi connectivity index (χ0) is 14.0. The molecule has 2 rings (SSSR count). The second kappa shape index (κ2) is 5.40. The number of hydrogen-bond acceptors (Lipinski definition) is 5. The van der Waals surface area contributed by atoms with Crippen LogP contribution in [0, 0.1) is 0 Å². The number of carbonyl (C=O) groups excluding carboxylic acids is 2. The lowest BCUT2D eigenvalue weighted by molar-refractivity contribution is -0.152. The lowest BCUT2D eigenvalue weighted by Gasteiger charge is -2.25. The zero-order valence-corrected chi connectivity index (χ0v) is 10.9. The molecule has 1 amide bonds. The van der Waals surface area contributed by atoms with Crippen molar-refractivity contribution in [2.45, 2.75) is 31.5 Å². The fourth-order valence-electron chi connectivity index (χ4n) is 2.28. The Labute approximate surface area is 110 Å². The SMILES string of the molecule is COC(=O)C1CC(O)CN1C(=O)C(C)n1cccn1. The summed E-state index contributed by atoms with van der Waals surface area (Å²) in [5.41, 5.74) is 0. The molecular weight excluding hydrogens is 250 g/mol. The number of ether oxygens (including phenoxy) is 1. The normalized spacial score (nSPS) is 24.3. The number of carbonyl (C=O) groups is 2. The average molecular weight is 267 g/mol. The highest BCUT2D eigenvalue weighted by atomic mass is 16.5. The van der Waals surface area contributed by atoms with Crippen LogP contribution in [0.5, 0.6) is 0 Å². The Kier molecular flexibility index (Phi) is 3.84. The predicted molar refractivity (Wildman–Crippen MR) is 65.1 cm³/mol. The van der Waals surface area contributed by atoms with Crippen molar-refractivity contribution in [1.82, 2.24) is 14.7 Å². The van der Waals surface area contributed by atoms with E-state index in [1.165, 1.54) is 16.7 Å². The molecule has 1 aliphatic rings. The van der Waals surface area contributed by atoms with Crippen LogP contribution >= 0.6 is 0 Å². The first-order chi connectivity index (χ1) is 9.04. The first kappa shape index (κ1) is 13.5. The Bertz CT molecular complexity index is 460. The Morgan fingerprint density at radius 3 is 2.84 bits per heavy atom. The molecule has 7 heteroatoms. The summed E-state index contributed by atoms with van der Waals surface area (Å²) < 4.78 is 6.18. The number of amides is 1. The molecule has 3 unspecified atom stereocenters. The summed E-state index contributed by atoms with van der Waals surface area (Å²) in [6.07, 6.45) is 2.78.